The van der Waals surface area contributed by atoms with Crippen LogP contribution in [0.4, 0.5) is 0 Å². The number of hydrogen-bond donors (Lipinski definition) is 1. The Morgan fingerprint density at radius 3 is 2.29 bits per heavy atom. The summed E-state index contributed by atoms with van der Waals surface area (Å²) >= 11 is 0. The summed E-state index contributed by atoms with van der Waals surface area (Å²) in [5, 5.41) is 3.22. The van der Waals surface area contributed by atoms with Gasteiger partial charge in [0.1, 0.15) is 0 Å². The lowest BCUT2D eigenvalue weighted by molar-refractivity contribution is 0.0510. The van der Waals surface area contributed by atoms with Gasteiger partial charge >= 0.3 is 0 Å². The minimum Gasteiger partial charge on any atom is -0.378 e. The van der Waals surface area contributed by atoms with E-state index in [-0.39, 0.29) is 0 Å². The van der Waals surface area contributed by atoms with Crippen LogP contribution in [0.2, 0.25) is 0 Å². The highest BCUT2D eigenvalue weighted by Gasteiger charge is 2.06. The fourth-order valence-corrected chi connectivity index (χ4v) is 1.46. The molecule has 14 heavy (non-hydrogen) atoms. The standard InChI is InChI=1S/C12H27NO/c1-10(2)7-6-8-14-12(4)9-11(3)13-5/h10-13H,6-9H2,1-5H3. The van der Waals surface area contributed by atoms with Crippen molar-refractivity contribution in [1.82, 2.24) is 5.32 Å². The summed E-state index contributed by atoms with van der Waals surface area (Å²) in [5.41, 5.74) is 0. The van der Waals surface area contributed by atoms with Crippen molar-refractivity contribution in [2.45, 2.75) is 59.1 Å². The van der Waals surface area contributed by atoms with Gasteiger partial charge in [0.2, 0.25) is 0 Å². The zero-order chi connectivity index (χ0) is 11.0. The van der Waals surface area contributed by atoms with Crippen molar-refractivity contribution >= 4 is 0 Å². The van der Waals surface area contributed by atoms with Gasteiger partial charge in [-0.3, -0.25) is 0 Å². The Morgan fingerprint density at radius 1 is 1.14 bits per heavy atom. The Balaban J connectivity index is 3.30. The van der Waals surface area contributed by atoms with Gasteiger partial charge in [-0.25, -0.2) is 0 Å². The maximum atomic E-state index is 5.72. The van der Waals surface area contributed by atoms with Crippen molar-refractivity contribution in [3.8, 4) is 0 Å². The molecule has 0 heterocycles. The van der Waals surface area contributed by atoms with Crippen molar-refractivity contribution in [1.29, 1.82) is 0 Å². The van der Waals surface area contributed by atoms with Gasteiger partial charge in [-0.05, 0) is 46.1 Å². The molecule has 0 aliphatic heterocycles. The molecule has 86 valence electrons. The lowest BCUT2D eigenvalue weighted by atomic mass is 10.1. The molecule has 0 spiro atoms. The van der Waals surface area contributed by atoms with Gasteiger partial charge in [0.15, 0.2) is 0 Å². The van der Waals surface area contributed by atoms with E-state index in [0.717, 1.165) is 18.9 Å². The maximum absolute atomic E-state index is 5.72. The van der Waals surface area contributed by atoms with Crippen LogP contribution in [0.3, 0.4) is 0 Å². The molecule has 0 aliphatic carbocycles. The monoisotopic (exact) mass is 201 g/mol. The van der Waals surface area contributed by atoms with Gasteiger partial charge in [0, 0.05) is 12.6 Å². The quantitative estimate of drug-likeness (QED) is 0.610. The second-order valence-electron chi connectivity index (χ2n) is 4.64. The first-order chi connectivity index (χ1) is 6.56. The molecule has 0 rings (SSSR count). The van der Waals surface area contributed by atoms with Crippen LogP contribution < -0.4 is 5.32 Å². The highest BCUT2D eigenvalue weighted by atomic mass is 16.5. The van der Waals surface area contributed by atoms with Gasteiger partial charge in [-0.1, -0.05) is 13.8 Å². The summed E-state index contributed by atoms with van der Waals surface area (Å²) < 4.78 is 5.72. The molecule has 0 saturated heterocycles. The smallest absolute Gasteiger partial charge is 0.0561 e. The molecule has 2 heteroatoms. The Bertz CT molecular complexity index is 125. The third-order valence-corrected chi connectivity index (χ3v) is 2.51. The summed E-state index contributed by atoms with van der Waals surface area (Å²) in [6, 6.07) is 0.551. The molecular formula is C12H27NO. The minimum atomic E-state index is 0.379. The number of nitrogens with one attached hydrogen (secondary N) is 1. The summed E-state index contributed by atoms with van der Waals surface area (Å²) in [4.78, 5) is 0. The molecule has 0 aromatic heterocycles. The fraction of sp³-hybridized carbons (Fsp3) is 1.00. The highest BCUT2D eigenvalue weighted by Crippen LogP contribution is 2.06. The van der Waals surface area contributed by atoms with Crippen molar-refractivity contribution in [3.63, 3.8) is 0 Å². The Morgan fingerprint density at radius 2 is 1.79 bits per heavy atom. The molecule has 0 fully saturated rings. The van der Waals surface area contributed by atoms with Gasteiger partial charge in [0.05, 0.1) is 6.10 Å². The van der Waals surface area contributed by atoms with Crippen LogP contribution in [0.5, 0.6) is 0 Å². The number of hydrogen-bond acceptors (Lipinski definition) is 2. The Hall–Kier alpha value is -0.0800. The van der Waals surface area contributed by atoms with Crippen LogP contribution in [0.15, 0.2) is 0 Å². The van der Waals surface area contributed by atoms with Gasteiger partial charge in [-0.15, -0.1) is 0 Å². The van der Waals surface area contributed by atoms with Crippen LogP contribution >= 0.6 is 0 Å². The zero-order valence-corrected chi connectivity index (χ0v) is 10.5. The van der Waals surface area contributed by atoms with Crippen molar-refractivity contribution in [2.75, 3.05) is 13.7 Å². The second kappa shape index (κ2) is 8.25. The maximum Gasteiger partial charge on any atom is 0.0561 e. The molecule has 0 aromatic rings. The topological polar surface area (TPSA) is 21.3 Å². The predicted molar refractivity (Wildman–Crippen MR) is 62.6 cm³/mol. The van der Waals surface area contributed by atoms with E-state index in [2.05, 4.69) is 33.0 Å². The molecule has 2 nitrogen and oxygen atoms in total. The average molecular weight is 201 g/mol. The van der Waals surface area contributed by atoms with Crippen molar-refractivity contribution in [3.05, 3.63) is 0 Å². The molecule has 0 aliphatic rings. The Labute approximate surface area is 89.4 Å². The predicted octanol–water partition coefficient (Wildman–Crippen LogP) is 2.83. The number of ether oxygens (including phenoxy) is 1. The van der Waals surface area contributed by atoms with Crippen molar-refractivity contribution in [2.24, 2.45) is 5.92 Å². The summed E-state index contributed by atoms with van der Waals surface area (Å²) in [7, 11) is 2.00. The molecular weight excluding hydrogens is 174 g/mol. The van der Waals surface area contributed by atoms with E-state index >= 15 is 0 Å². The second-order valence-corrected chi connectivity index (χ2v) is 4.64. The first-order valence-electron chi connectivity index (χ1n) is 5.85. The van der Waals surface area contributed by atoms with E-state index < -0.39 is 0 Å². The fourth-order valence-electron chi connectivity index (χ4n) is 1.46. The molecule has 0 radical (unpaired) electrons. The van der Waals surface area contributed by atoms with E-state index in [1.165, 1.54) is 12.8 Å². The van der Waals surface area contributed by atoms with E-state index in [1.54, 1.807) is 0 Å². The Kier molecular flexibility index (Phi) is 8.20. The normalized spacial score (nSPS) is 15.9. The minimum absolute atomic E-state index is 0.379. The summed E-state index contributed by atoms with van der Waals surface area (Å²) in [5.74, 6) is 0.796. The van der Waals surface area contributed by atoms with E-state index in [9.17, 15) is 0 Å². The van der Waals surface area contributed by atoms with Gasteiger partial charge in [0.25, 0.3) is 0 Å². The van der Waals surface area contributed by atoms with E-state index in [4.69, 9.17) is 4.74 Å². The van der Waals surface area contributed by atoms with Crippen molar-refractivity contribution < 1.29 is 4.74 Å². The summed E-state index contributed by atoms with van der Waals surface area (Å²) in [6.07, 6.45) is 3.94. The lowest BCUT2D eigenvalue weighted by Crippen LogP contribution is -2.26. The van der Waals surface area contributed by atoms with Gasteiger partial charge in [-0.2, -0.15) is 0 Å². The number of rotatable bonds is 8. The molecule has 0 saturated carbocycles. The van der Waals surface area contributed by atoms with Crippen LogP contribution in [-0.4, -0.2) is 25.8 Å². The van der Waals surface area contributed by atoms with Crippen LogP contribution in [-0.2, 0) is 4.74 Å². The molecule has 1 N–H and O–H groups in total. The van der Waals surface area contributed by atoms with Crippen LogP contribution in [0.1, 0.15) is 47.0 Å². The lowest BCUT2D eigenvalue weighted by Gasteiger charge is -2.17. The third kappa shape index (κ3) is 8.52. The largest absolute Gasteiger partial charge is 0.378 e. The average Bonchev–Trinajstić information content (AvgIpc) is 2.12. The van der Waals surface area contributed by atoms with Crippen LogP contribution in [0.25, 0.3) is 0 Å². The third-order valence-electron chi connectivity index (χ3n) is 2.51. The first kappa shape index (κ1) is 13.9. The molecule has 0 bridgehead atoms. The molecule has 0 amide bonds. The van der Waals surface area contributed by atoms with E-state index in [0.29, 0.717) is 12.1 Å². The molecule has 2 unspecified atom stereocenters. The first-order valence-corrected chi connectivity index (χ1v) is 5.85. The zero-order valence-electron chi connectivity index (χ0n) is 10.5. The molecule has 0 aromatic carbocycles. The summed E-state index contributed by atoms with van der Waals surface area (Å²) in [6.45, 7) is 9.77. The van der Waals surface area contributed by atoms with E-state index in [1.807, 2.05) is 7.05 Å². The SMILES string of the molecule is CNC(C)CC(C)OCCCC(C)C. The highest BCUT2D eigenvalue weighted by molar-refractivity contribution is 4.62. The molecule has 2 atom stereocenters. The van der Waals surface area contributed by atoms with Crippen LogP contribution in [0, 0.1) is 5.92 Å². The van der Waals surface area contributed by atoms with Gasteiger partial charge < -0.3 is 10.1 Å².